The molecule has 0 aromatic heterocycles. The number of imide groups is 1. The first-order chi connectivity index (χ1) is 18.5. The Hall–Kier alpha value is -2.81. The molecule has 1 heterocycles. The largest absolute Gasteiger partial charge is 0.405 e. The SMILES string of the molecule is C[C@@H](CC(=O)N1C(=O)CC[C@H]1CO[Si](c1ccccc1)(c1ccccc1)C(C)(C)C)[Si](C)(C)c1ccccc1. The molecule has 4 rings (SSSR count). The molecule has 2 atom stereocenters. The lowest BCUT2D eigenvalue weighted by Gasteiger charge is -2.44. The molecule has 0 aliphatic carbocycles. The average molecular weight is 558 g/mol. The molecule has 1 saturated heterocycles. The van der Waals surface area contributed by atoms with Crippen LogP contribution in [0, 0.1) is 0 Å². The molecule has 0 saturated carbocycles. The van der Waals surface area contributed by atoms with E-state index >= 15 is 0 Å². The lowest BCUT2D eigenvalue weighted by Crippen LogP contribution is -2.67. The molecule has 0 radical (unpaired) electrons. The smallest absolute Gasteiger partial charge is 0.261 e. The van der Waals surface area contributed by atoms with Crippen LogP contribution in [0.2, 0.25) is 23.7 Å². The van der Waals surface area contributed by atoms with Crippen molar-refractivity contribution in [1.82, 2.24) is 4.90 Å². The van der Waals surface area contributed by atoms with Crippen molar-refractivity contribution in [3.05, 3.63) is 91.0 Å². The molecule has 0 spiro atoms. The third-order valence-corrected chi connectivity index (χ3v) is 18.2. The van der Waals surface area contributed by atoms with Crippen LogP contribution in [-0.4, -0.2) is 45.8 Å². The highest BCUT2D eigenvalue weighted by Gasteiger charge is 2.51. The second kappa shape index (κ2) is 11.7. The third kappa shape index (κ3) is 5.88. The van der Waals surface area contributed by atoms with Gasteiger partial charge in [0.25, 0.3) is 8.32 Å². The first kappa shape index (κ1) is 29.2. The lowest BCUT2D eigenvalue weighted by molar-refractivity contribution is -0.144. The second-order valence-electron chi connectivity index (χ2n) is 12.5. The summed E-state index contributed by atoms with van der Waals surface area (Å²) >= 11 is 0. The number of carbonyl (C=O) groups excluding carboxylic acids is 2. The van der Waals surface area contributed by atoms with Crippen LogP contribution in [0.4, 0.5) is 0 Å². The maximum Gasteiger partial charge on any atom is 0.261 e. The van der Waals surface area contributed by atoms with Crippen LogP contribution in [0.5, 0.6) is 0 Å². The van der Waals surface area contributed by atoms with Gasteiger partial charge < -0.3 is 4.43 Å². The van der Waals surface area contributed by atoms with Crippen molar-refractivity contribution in [2.75, 3.05) is 6.61 Å². The highest BCUT2D eigenvalue weighted by Crippen LogP contribution is 2.37. The molecule has 1 aliphatic heterocycles. The monoisotopic (exact) mass is 557 g/mol. The van der Waals surface area contributed by atoms with Crippen LogP contribution in [0.1, 0.15) is 47.0 Å². The molecular weight excluding hydrogens is 515 g/mol. The zero-order valence-corrected chi connectivity index (χ0v) is 26.3. The van der Waals surface area contributed by atoms with Gasteiger partial charge in [-0.05, 0) is 27.4 Å². The van der Waals surface area contributed by atoms with Crippen molar-refractivity contribution in [1.29, 1.82) is 0 Å². The summed E-state index contributed by atoms with van der Waals surface area (Å²) in [6.45, 7) is 13.9. The first-order valence-corrected chi connectivity index (χ1v) is 19.1. The number of hydrogen-bond donors (Lipinski definition) is 0. The van der Waals surface area contributed by atoms with Gasteiger partial charge in [0.15, 0.2) is 0 Å². The van der Waals surface area contributed by atoms with Gasteiger partial charge in [-0.15, -0.1) is 0 Å². The Balaban J connectivity index is 1.59. The van der Waals surface area contributed by atoms with Gasteiger partial charge in [0.05, 0.1) is 20.7 Å². The van der Waals surface area contributed by atoms with Gasteiger partial charge >= 0.3 is 0 Å². The van der Waals surface area contributed by atoms with Gasteiger partial charge in [0.2, 0.25) is 11.8 Å². The zero-order chi connectivity index (χ0) is 28.3. The van der Waals surface area contributed by atoms with Crippen molar-refractivity contribution in [2.24, 2.45) is 0 Å². The van der Waals surface area contributed by atoms with E-state index in [1.807, 2.05) is 18.2 Å². The highest BCUT2D eigenvalue weighted by molar-refractivity contribution is 6.99. The van der Waals surface area contributed by atoms with Gasteiger partial charge in [-0.2, -0.15) is 0 Å². The zero-order valence-electron chi connectivity index (χ0n) is 24.3. The normalized spacial score (nSPS) is 17.3. The van der Waals surface area contributed by atoms with E-state index in [1.54, 1.807) is 4.90 Å². The summed E-state index contributed by atoms with van der Waals surface area (Å²) in [7, 11) is -4.64. The summed E-state index contributed by atoms with van der Waals surface area (Å²) in [4.78, 5) is 28.3. The van der Waals surface area contributed by atoms with E-state index in [4.69, 9.17) is 4.43 Å². The van der Waals surface area contributed by atoms with E-state index in [0.717, 1.165) is 0 Å². The number of amides is 2. The lowest BCUT2D eigenvalue weighted by atomic mass is 10.2. The van der Waals surface area contributed by atoms with Gasteiger partial charge in [-0.3, -0.25) is 14.5 Å². The number of hydrogen-bond acceptors (Lipinski definition) is 3. The van der Waals surface area contributed by atoms with Gasteiger partial charge in [0.1, 0.15) is 0 Å². The molecule has 2 amide bonds. The molecule has 0 unspecified atom stereocenters. The van der Waals surface area contributed by atoms with Crippen LogP contribution in [0.25, 0.3) is 0 Å². The summed E-state index contributed by atoms with van der Waals surface area (Å²) in [5, 5.41) is 3.59. The van der Waals surface area contributed by atoms with E-state index in [2.05, 4.69) is 114 Å². The molecule has 0 bridgehead atoms. The quantitative estimate of drug-likeness (QED) is 0.328. The Morgan fingerprint density at radius 2 is 1.33 bits per heavy atom. The van der Waals surface area contributed by atoms with Crippen LogP contribution in [-0.2, 0) is 14.0 Å². The van der Waals surface area contributed by atoms with Crippen LogP contribution in [0.3, 0.4) is 0 Å². The first-order valence-electron chi connectivity index (χ1n) is 14.1. The molecule has 0 N–H and O–H groups in total. The minimum absolute atomic E-state index is 0.0578. The summed E-state index contributed by atoms with van der Waals surface area (Å²) in [5.74, 6) is -0.125. The van der Waals surface area contributed by atoms with Crippen molar-refractivity contribution < 1.29 is 14.0 Å². The molecular formula is C33H43NO3Si2. The molecule has 39 heavy (non-hydrogen) atoms. The minimum atomic E-state index is -2.75. The molecule has 1 aliphatic rings. The predicted octanol–water partition coefficient (Wildman–Crippen LogP) is 5.48. The number of carbonyl (C=O) groups is 2. The van der Waals surface area contributed by atoms with Gasteiger partial charge in [0, 0.05) is 12.8 Å². The predicted molar refractivity (Wildman–Crippen MR) is 166 cm³/mol. The summed E-state index contributed by atoms with van der Waals surface area (Å²) in [5.41, 5.74) is 0.207. The Labute approximate surface area is 236 Å². The highest BCUT2D eigenvalue weighted by atomic mass is 28.4. The van der Waals surface area contributed by atoms with Gasteiger partial charge in [-0.25, -0.2) is 0 Å². The summed E-state index contributed by atoms with van der Waals surface area (Å²) in [6.07, 6.45) is 1.43. The molecule has 6 heteroatoms. The fraction of sp³-hybridized carbons (Fsp3) is 0.394. The fourth-order valence-electron chi connectivity index (χ4n) is 5.99. The minimum Gasteiger partial charge on any atom is -0.405 e. The Morgan fingerprint density at radius 3 is 1.79 bits per heavy atom. The third-order valence-electron chi connectivity index (χ3n) is 8.73. The molecule has 3 aromatic carbocycles. The average Bonchev–Trinajstić information content (AvgIpc) is 3.30. The maximum atomic E-state index is 13.7. The van der Waals surface area contributed by atoms with Gasteiger partial charge in [-0.1, -0.05) is 137 Å². The van der Waals surface area contributed by atoms with Crippen LogP contribution < -0.4 is 15.6 Å². The van der Waals surface area contributed by atoms with Crippen LogP contribution in [0.15, 0.2) is 91.0 Å². The number of rotatable bonds is 9. The molecule has 206 valence electrons. The fourth-order valence-corrected chi connectivity index (χ4v) is 12.9. The Kier molecular flexibility index (Phi) is 8.79. The van der Waals surface area contributed by atoms with E-state index in [-0.39, 0.29) is 28.4 Å². The van der Waals surface area contributed by atoms with Crippen LogP contribution >= 0.6 is 0 Å². The number of nitrogens with zero attached hydrogens (tertiary/aromatic N) is 1. The molecule has 4 nitrogen and oxygen atoms in total. The Morgan fingerprint density at radius 1 is 0.872 bits per heavy atom. The van der Waals surface area contributed by atoms with Crippen molar-refractivity contribution >= 4 is 43.8 Å². The van der Waals surface area contributed by atoms with Crippen molar-refractivity contribution in [2.45, 2.75) is 76.7 Å². The Bertz CT molecular complexity index is 1220. The number of likely N-dealkylation sites (tertiary alicyclic amines) is 1. The second-order valence-corrected chi connectivity index (χ2v) is 21.8. The van der Waals surface area contributed by atoms with E-state index in [0.29, 0.717) is 25.9 Å². The number of benzene rings is 3. The van der Waals surface area contributed by atoms with Crippen molar-refractivity contribution in [3.8, 4) is 0 Å². The van der Waals surface area contributed by atoms with E-state index in [1.165, 1.54) is 15.6 Å². The van der Waals surface area contributed by atoms with E-state index in [9.17, 15) is 9.59 Å². The summed E-state index contributed by atoms with van der Waals surface area (Å²) < 4.78 is 7.12. The van der Waals surface area contributed by atoms with E-state index < -0.39 is 16.4 Å². The molecule has 3 aromatic rings. The standard InChI is InChI=1S/C33H43NO3Si2/c1-26(38(5,6)28-16-10-7-11-17-28)24-32(36)34-27(22-23-31(34)35)25-37-39(33(2,3)4,29-18-12-8-13-19-29)30-20-14-9-15-21-30/h7-21,26-27H,22-25H2,1-6H3/t26-,27-/m0/s1. The maximum absolute atomic E-state index is 13.7. The summed E-state index contributed by atoms with van der Waals surface area (Å²) in [6, 6.07) is 31.3. The molecule has 1 fully saturated rings. The topological polar surface area (TPSA) is 46.6 Å². The van der Waals surface area contributed by atoms with Crippen molar-refractivity contribution in [3.63, 3.8) is 0 Å².